The predicted octanol–water partition coefficient (Wildman–Crippen LogP) is 4.86. The maximum atomic E-state index is 8.86. The van der Waals surface area contributed by atoms with Crippen LogP contribution in [0.5, 0.6) is 0 Å². The molecule has 0 saturated carbocycles. The minimum atomic E-state index is -0.223. The van der Waals surface area contributed by atoms with Gasteiger partial charge in [-0.25, -0.2) is 0 Å². The van der Waals surface area contributed by atoms with Gasteiger partial charge in [-0.2, -0.15) is 0 Å². The van der Waals surface area contributed by atoms with Crippen LogP contribution in [0.25, 0.3) is 0 Å². The van der Waals surface area contributed by atoms with Crippen molar-refractivity contribution in [1.29, 1.82) is 5.41 Å². The zero-order chi connectivity index (χ0) is 17.4. The Kier molecular flexibility index (Phi) is 3.69. The number of fused-ring (bicyclic) bond motifs is 1. The van der Waals surface area contributed by atoms with Gasteiger partial charge in [0.25, 0.3) is 0 Å². The Hall–Kier alpha value is -3.20. The summed E-state index contributed by atoms with van der Waals surface area (Å²) in [6.07, 6.45) is 0. The van der Waals surface area contributed by atoms with Crippen LogP contribution in [0.1, 0.15) is 28.2 Å². The number of hydrogen-bond donors (Lipinski definition) is 2. The molecule has 1 aliphatic rings. The second-order valence-corrected chi connectivity index (χ2v) is 6.36. The summed E-state index contributed by atoms with van der Waals surface area (Å²) in [6, 6.07) is 23.9. The van der Waals surface area contributed by atoms with Gasteiger partial charge in [0.2, 0.25) is 0 Å². The molecule has 3 heteroatoms. The van der Waals surface area contributed by atoms with E-state index < -0.39 is 0 Å². The first-order valence-electron chi connectivity index (χ1n) is 8.33. The number of hydrogen-bond acceptors (Lipinski definition) is 3. The summed E-state index contributed by atoms with van der Waals surface area (Å²) in [5.74, 6) is -0.223. The van der Waals surface area contributed by atoms with Gasteiger partial charge >= 0.3 is 0 Å². The van der Waals surface area contributed by atoms with Crippen molar-refractivity contribution in [3.8, 4) is 0 Å². The molecule has 0 saturated heterocycles. The minimum absolute atomic E-state index is 0.223. The van der Waals surface area contributed by atoms with E-state index in [-0.39, 0.29) is 5.92 Å². The molecule has 1 unspecified atom stereocenters. The van der Waals surface area contributed by atoms with E-state index in [9.17, 15) is 0 Å². The molecule has 3 nitrogen and oxygen atoms in total. The summed E-state index contributed by atoms with van der Waals surface area (Å²) >= 11 is 0. The molecule has 3 N–H and O–H groups in total. The molecular formula is C22H19N3. The number of nitrogen functional groups attached to an aromatic ring is 1. The van der Waals surface area contributed by atoms with E-state index in [0.717, 1.165) is 28.1 Å². The molecule has 122 valence electrons. The Morgan fingerprint density at radius 2 is 1.60 bits per heavy atom. The zero-order valence-electron chi connectivity index (χ0n) is 14.0. The smallest absolute Gasteiger partial charge is 0.0724 e. The molecule has 0 aliphatic carbocycles. The van der Waals surface area contributed by atoms with Gasteiger partial charge in [-0.15, -0.1) is 0 Å². The fourth-order valence-corrected chi connectivity index (χ4v) is 3.41. The maximum Gasteiger partial charge on any atom is 0.0724 e. The lowest BCUT2D eigenvalue weighted by atomic mass is 9.80. The van der Waals surface area contributed by atoms with Crippen LogP contribution in [0.4, 0.5) is 11.4 Å². The van der Waals surface area contributed by atoms with E-state index in [4.69, 9.17) is 16.1 Å². The third kappa shape index (κ3) is 2.64. The van der Waals surface area contributed by atoms with E-state index in [1.54, 1.807) is 0 Å². The molecule has 25 heavy (non-hydrogen) atoms. The van der Waals surface area contributed by atoms with Crippen molar-refractivity contribution in [3.05, 3.63) is 95.1 Å². The lowest BCUT2D eigenvalue weighted by molar-refractivity contribution is 1.13. The molecule has 0 bridgehead atoms. The molecular weight excluding hydrogens is 306 g/mol. The van der Waals surface area contributed by atoms with Crippen molar-refractivity contribution in [2.75, 3.05) is 5.73 Å². The highest BCUT2D eigenvalue weighted by Crippen LogP contribution is 2.37. The Morgan fingerprint density at radius 3 is 2.36 bits per heavy atom. The van der Waals surface area contributed by atoms with Gasteiger partial charge in [0.1, 0.15) is 0 Å². The lowest BCUT2D eigenvalue weighted by Gasteiger charge is -2.27. The number of anilines is 1. The van der Waals surface area contributed by atoms with Crippen LogP contribution in [0.3, 0.4) is 0 Å². The highest BCUT2D eigenvalue weighted by Gasteiger charge is 2.31. The Labute approximate surface area is 147 Å². The first kappa shape index (κ1) is 15.3. The Bertz CT molecular complexity index is 1000. The van der Waals surface area contributed by atoms with Crippen molar-refractivity contribution < 1.29 is 0 Å². The average molecular weight is 325 g/mol. The first-order chi connectivity index (χ1) is 12.1. The van der Waals surface area contributed by atoms with Gasteiger partial charge < -0.3 is 11.1 Å². The van der Waals surface area contributed by atoms with E-state index in [1.165, 1.54) is 5.56 Å². The topological polar surface area (TPSA) is 62.2 Å². The average Bonchev–Trinajstić information content (AvgIpc) is 2.62. The second kappa shape index (κ2) is 6.02. The monoisotopic (exact) mass is 325 g/mol. The summed E-state index contributed by atoms with van der Waals surface area (Å²) in [7, 11) is 0. The number of nitrogens with one attached hydrogen (secondary N) is 1. The molecule has 0 radical (unpaired) electrons. The van der Waals surface area contributed by atoms with Crippen molar-refractivity contribution in [2.24, 2.45) is 4.99 Å². The molecule has 0 aromatic heterocycles. The molecule has 3 aromatic carbocycles. The number of nitrogens with zero attached hydrogens (tertiary/aromatic N) is 1. The van der Waals surface area contributed by atoms with Gasteiger partial charge in [-0.1, -0.05) is 66.2 Å². The molecule has 1 heterocycles. The van der Waals surface area contributed by atoms with Gasteiger partial charge in [-0.05, 0) is 24.6 Å². The summed E-state index contributed by atoms with van der Waals surface area (Å²) in [4.78, 5) is 4.91. The highest BCUT2D eigenvalue weighted by molar-refractivity contribution is 6.28. The van der Waals surface area contributed by atoms with Crippen LogP contribution < -0.4 is 5.73 Å². The van der Waals surface area contributed by atoms with Crippen molar-refractivity contribution in [1.82, 2.24) is 0 Å². The maximum absolute atomic E-state index is 8.86. The molecule has 0 amide bonds. The van der Waals surface area contributed by atoms with E-state index in [1.807, 2.05) is 54.6 Å². The fourth-order valence-electron chi connectivity index (χ4n) is 3.41. The number of rotatable bonds is 2. The summed E-state index contributed by atoms with van der Waals surface area (Å²) in [6.45, 7) is 2.07. The quantitative estimate of drug-likeness (QED) is 0.649. The van der Waals surface area contributed by atoms with Crippen molar-refractivity contribution in [3.63, 3.8) is 0 Å². The summed E-state index contributed by atoms with van der Waals surface area (Å²) in [5.41, 5.74) is 13.2. The van der Waals surface area contributed by atoms with Crippen LogP contribution in [0.2, 0.25) is 0 Å². The van der Waals surface area contributed by atoms with Crippen LogP contribution in [0, 0.1) is 12.3 Å². The number of aryl methyl sites for hydroxylation is 1. The van der Waals surface area contributed by atoms with Crippen molar-refractivity contribution in [2.45, 2.75) is 12.8 Å². The Morgan fingerprint density at radius 1 is 0.880 bits per heavy atom. The second-order valence-electron chi connectivity index (χ2n) is 6.36. The summed E-state index contributed by atoms with van der Waals surface area (Å²) in [5, 5.41) is 8.86. The Balaban J connectivity index is 1.98. The SMILES string of the molecule is Cc1cccc(C2C(=N)c3ccccc3N=C2c2ccccc2N)c1. The molecule has 0 fully saturated rings. The van der Waals surface area contributed by atoms with Crippen molar-refractivity contribution >= 4 is 22.8 Å². The van der Waals surface area contributed by atoms with Gasteiger partial charge in [-0.3, -0.25) is 4.99 Å². The molecule has 1 atom stereocenters. The van der Waals surface area contributed by atoms with Gasteiger partial charge in [0.15, 0.2) is 0 Å². The van der Waals surface area contributed by atoms with Crippen LogP contribution >= 0.6 is 0 Å². The fraction of sp³-hybridized carbons (Fsp3) is 0.0909. The highest BCUT2D eigenvalue weighted by atomic mass is 14.8. The number of nitrogens with two attached hydrogens (primary N) is 1. The van der Waals surface area contributed by atoms with Crippen LogP contribution in [-0.2, 0) is 0 Å². The van der Waals surface area contributed by atoms with E-state index in [0.29, 0.717) is 11.4 Å². The standard InChI is InChI=1S/C22H19N3/c1-14-7-6-8-15(13-14)20-21(24)17-10-3-5-12-19(17)25-22(20)16-9-2-4-11-18(16)23/h2-13,20,24H,23H2,1H3. The molecule has 4 rings (SSSR count). The third-order valence-corrected chi connectivity index (χ3v) is 4.61. The first-order valence-corrected chi connectivity index (χ1v) is 8.33. The van der Waals surface area contributed by atoms with Crippen LogP contribution in [0.15, 0.2) is 77.8 Å². The number of aliphatic imine (C=N–C) groups is 1. The minimum Gasteiger partial charge on any atom is -0.398 e. The predicted molar refractivity (Wildman–Crippen MR) is 104 cm³/mol. The zero-order valence-corrected chi connectivity index (χ0v) is 14.0. The van der Waals surface area contributed by atoms with E-state index in [2.05, 4.69) is 25.1 Å². The van der Waals surface area contributed by atoms with Gasteiger partial charge in [0.05, 0.1) is 23.0 Å². The lowest BCUT2D eigenvalue weighted by Crippen LogP contribution is -2.27. The molecule has 3 aromatic rings. The number of para-hydroxylation sites is 2. The van der Waals surface area contributed by atoms with Gasteiger partial charge in [0, 0.05) is 16.8 Å². The third-order valence-electron chi connectivity index (χ3n) is 4.61. The molecule has 0 spiro atoms. The number of benzene rings is 3. The molecule has 1 aliphatic heterocycles. The van der Waals surface area contributed by atoms with E-state index >= 15 is 0 Å². The largest absolute Gasteiger partial charge is 0.398 e. The van der Waals surface area contributed by atoms with Crippen LogP contribution in [-0.4, -0.2) is 11.4 Å². The normalized spacial score (nSPS) is 16.3. The summed E-state index contributed by atoms with van der Waals surface area (Å²) < 4.78 is 0.